The van der Waals surface area contributed by atoms with Gasteiger partial charge in [-0.3, -0.25) is 19.2 Å². The molecule has 0 amide bonds. The minimum atomic E-state index is -1.47. The third-order valence-corrected chi connectivity index (χ3v) is 6.40. The standard InChI is InChI=1S/C27H15ClO6/c28-18-12-6-5-11-17(18)19(20-22(29)13-7-1-3-9-15(13)24(31)26(20)33)21-23(30)14-8-2-4-10-16(14)25(32)27(21)34/h1-12,19,29-30H. The van der Waals surface area contributed by atoms with E-state index in [1.165, 1.54) is 36.4 Å². The summed E-state index contributed by atoms with van der Waals surface area (Å²) in [5.41, 5.74) is -0.447. The van der Waals surface area contributed by atoms with E-state index in [1.54, 1.807) is 36.4 Å². The van der Waals surface area contributed by atoms with Crippen molar-refractivity contribution in [2.45, 2.75) is 5.92 Å². The molecule has 0 radical (unpaired) electrons. The number of aliphatic hydroxyl groups is 2. The Hall–Kier alpha value is -4.29. The number of ketones is 4. The van der Waals surface area contributed by atoms with Gasteiger partial charge in [0.05, 0.1) is 17.1 Å². The molecular formula is C27H15ClO6. The van der Waals surface area contributed by atoms with Gasteiger partial charge in [-0.2, -0.15) is 0 Å². The van der Waals surface area contributed by atoms with Crippen LogP contribution in [0.25, 0.3) is 11.5 Å². The summed E-state index contributed by atoms with van der Waals surface area (Å²) in [6.45, 7) is 0. The van der Waals surface area contributed by atoms with E-state index < -0.39 is 51.7 Å². The smallest absolute Gasteiger partial charge is 0.234 e. The molecular weight excluding hydrogens is 456 g/mol. The topological polar surface area (TPSA) is 109 Å². The second-order valence-corrected chi connectivity index (χ2v) is 8.29. The summed E-state index contributed by atoms with van der Waals surface area (Å²) in [5, 5.41) is 22.4. The van der Waals surface area contributed by atoms with Gasteiger partial charge in [-0.1, -0.05) is 78.3 Å². The van der Waals surface area contributed by atoms with Crippen molar-refractivity contribution in [1.82, 2.24) is 0 Å². The summed E-state index contributed by atoms with van der Waals surface area (Å²) in [7, 11) is 0. The second kappa shape index (κ2) is 7.93. The Labute approximate surface area is 198 Å². The van der Waals surface area contributed by atoms with Gasteiger partial charge in [0.2, 0.25) is 23.1 Å². The summed E-state index contributed by atoms with van der Waals surface area (Å²) in [5.74, 6) is -6.38. The zero-order valence-corrected chi connectivity index (χ0v) is 18.2. The molecule has 166 valence electrons. The fourth-order valence-corrected chi connectivity index (χ4v) is 4.71. The van der Waals surface area contributed by atoms with E-state index in [1.807, 2.05) is 0 Å². The van der Waals surface area contributed by atoms with Crippen molar-refractivity contribution < 1.29 is 29.4 Å². The van der Waals surface area contributed by atoms with Crippen LogP contribution in [0.15, 0.2) is 83.9 Å². The molecule has 2 aliphatic carbocycles. The molecule has 7 heteroatoms. The quantitative estimate of drug-likeness (QED) is 0.527. The molecule has 2 N–H and O–H groups in total. The predicted octanol–water partition coefficient (Wildman–Crippen LogP) is 4.89. The fourth-order valence-electron chi connectivity index (χ4n) is 4.47. The summed E-state index contributed by atoms with van der Waals surface area (Å²) in [6, 6.07) is 18.3. The minimum absolute atomic E-state index is 0.0150. The van der Waals surface area contributed by atoms with E-state index in [4.69, 9.17) is 11.6 Å². The summed E-state index contributed by atoms with van der Waals surface area (Å²) >= 11 is 6.42. The van der Waals surface area contributed by atoms with Crippen LogP contribution in [0.3, 0.4) is 0 Å². The third kappa shape index (κ3) is 3.03. The lowest BCUT2D eigenvalue weighted by atomic mass is 9.72. The van der Waals surface area contributed by atoms with Gasteiger partial charge < -0.3 is 10.2 Å². The highest BCUT2D eigenvalue weighted by atomic mass is 35.5. The molecule has 3 aromatic carbocycles. The lowest BCUT2D eigenvalue weighted by Crippen LogP contribution is -2.33. The number of hydrogen-bond acceptors (Lipinski definition) is 6. The molecule has 0 atom stereocenters. The van der Waals surface area contributed by atoms with Crippen LogP contribution >= 0.6 is 11.6 Å². The number of allylic oxidation sites excluding steroid dienone is 2. The number of rotatable bonds is 3. The van der Waals surface area contributed by atoms with Crippen LogP contribution in [0.2, 0.25) is 5.02 Å². The van der Waals surface area contributed by atoms with Gasteiger partial charge in [-0.05, 0) is 11.6 Å². The number of hydrogen-bond donors (Lipinski definition) is 2. The van der Waals surface area contributed by atoms with Gasteiger partial charge in [0, 0.05) is 27.3 Å². The van der Waals surface area contributed by atoms with Crippen LogP contribution in [0.5, 0.6) is 0 Å². The average Bonchev–Trinajstić information content (AvgIpc) is 2.85. The van der Waals surface area contributed by atoms with Crippen molar-refractivity contribution >= 4 is 46.3 Å². The average molecular weight is 471 g/mol. The summed E-state index contributed by atoms with van der Waals surface area (Å²) < 4.78 is 0. The van der Waals surface area contributed by atoms with E-state index in [-0.39, 0.29) is 32.8 Å². The largest absolute Gasteiger partial charge is 0.507 e. The molecule has 0 spiro atoms. The van der Waals surface area contributed by atoms with E-state index in [0.717, 1.165) is 0 Å². The maximum absolute atomic E-state index is 13.3. The number of fused-ring (bicyclic) bond motifs is 2. The lowest BCUT2D eigenvalue weighted by molar-refractivity contribution is -0.112. The first-order chi connectivity index (χ1) is 16.3. The highest BCUT2D eigenvalue weighted by Gasteiger charge is 2.45. The maximum atomic E-state index is 13.3. The van der Waals surface area contributed by atoms with Crippen molar-refractivity contribution in [2.24, 2.45) is 0 Å². The molecule has 3 aromatic rings. The molecule has 0 saturated heterocycles. The van der Waals surface area contributed by atoms with E-state index in [9.17, 15) is 29.4 Å². The lowest BCUT2D eigenvalue weighted by Gasteiger charge is -2.29. The van der Waals surface area contributed by atoms with Crippen molar-refractivity contribution in [1.29, 1.82) is 0 Å². The number of carbonyl (C=O) groups is 4. The molecule has 0 aliphatic heterocycles. The Morgan fingerprint density at radius 1 is 0.529 bits per heavy atom. The van der Waals surface area contributed by atoms with Crippen LogP contribution in [-0.2, 0) is 9.59 Å². The van der Waals surface area contributed by atoms with Crippen LogP contribution < -0.4 is 0 Å². The molecule has 34 heavy (non-hydrogen) atoms. The van der Waals surface area contributed by atoms with Gasteiger partial charge in [0.1, 0.15) is 11.5 Å². The van der Waals surface area contributed by atoms with Crippen LogP contribution in [-0.4, -0.2) is 33.3 Å². The maximum Gasteiger partial charge on any atom is 0.234 e. The van der Waals surface area contributed by atoms with Crippen LogP contribution in [0, 0.1) is 0 Å². The molecule has 2 aliphatic rings. The molecule has 0 saturated carbocycles. The van der Waals surface area contributed by atoms with E-state index in [2.05, 4.69) is 0 Å². The second-order valence-electron chi connectivity index (χ2n) is 7.89. The first kappa shape index (κ1) is 21.6. The van der Waals surface area contributed by atoms with Crippen molar-refractivity contribution in [3.8, 4) is 0 Å². The fraction of sp³-hybridized carbons (Fsp3) is 0.0370. The molecule has 5 rings (SSSR count). The van der Waals surface area contributed by atoms with Gasteiger partial charge in [-0.15, -0.1) is 0 Å². The van der Waals surface area contributed by atoms with Crippen LogP contribution in [0.1, 0.15) is 43.3 Å². The Morgan fingerprint density at radius 3 is 1.35 bits per heavy atom. The molecule has 0 heterocycles. The van der Waals surface area contributed by atoms with E-state index in [0.29, 0.717) is 0 Å². The van der Waals surface area contributed by atoms with Gasteiger partial charge in [0.25, 0.3) is 0 Å². The normalized spacial score (nSPS) is 15.7. The molecule has 0 fully saturated rings. The van der Waals surface area contributed by atoms with Gasteiger partial charge in [0.15, 0.2) is 0 Å². The number of benzene rings is 3. The van der Waals surface area contributed by atoms with Crippen molar-refractivity contribution in [3.05, 3.63) is 117 Å². The first-order valence-corrected chi connectivity index (χ1v) is 10.7. The number of aliphatic hydroxyl groups excluding tert-OH is 2. The zero-order valence-electron chi connectivity index (χ0n) is 17.4. The first-order valence-electron chi connectivity index (χ1n) is 10.3. The molecule has 0 bridgehead atoms. The summed E-state index contributed by atoms with van der Waals surface area (Å²) in [4.78, 5) is 52.5. The van der Waals surface area contributed by atoms with Crippen LogP contribution in [0.4, 0.5) is 0 Å². The summed E-state index contributed by atoms with van der Waals surface area (Å²) in [6.07, 6.45) is 0. The number of Topliss-reactive ketones (excluding diaryl/α,β-unsaturated/α-hetero) is 4. The van der Waals surface area contributed by atoms with E-state index >= 15 is 0 Å². The highest BCUT2D eigenvalue weighted by Crippen LogP contribution is 2.46. The highest BCUT2D eigenvalue weighted by molar-refractivity contribution is 6.55. The van der Waals surface area contributed by atoms with Crippen molar-refractivity contribution in [2.75, 3.05) is 0 Å². The monoisotopic (exact) mass is 470 g/mol. The number of halogens is 1. The molecule has 0 aromatic heterocycles. The predicted molar refractivity (Wildman–Crippen MR) is 125 cm³/mol. The Kier molecular flexibility index (Phi) is 5.03. The number of carbonyl (C=O) groups excluding carboxylic acids is 4. The Bertz CT molecular complexity index is 1420. The third-order valence-electron chi connectivity index (χ3n) is 6.06. The molecule has 6 nitrogen and oxygen atoms in total. The molecule has 0 unspecified atom stereocenters. The van der Waals surface area contributed by atoms with Gasteiger partial charge >= 0.3 is 0 Å². The Morgan fingerprint density at radius 2 is 0.912 bits per heavy atom. The zero-order chi connectivity index (χ0) is 24.1. The van der Waals surface area contributed by atoms with Gasteiger partial charge in [-0.25, -0.2) is 0 Å². The Balaban J connectivity index is 1.88. The minimum Gasteiger partial charge on any atom is -0.507 e. The SMILES string of the molecule is O=C1C(=O)c2ccccc2C(O)=C1C(C1=C(O)c2ccccc2C(=O)C1=O)c1ccccc1Cl. The van der Waals surface area contributed by atoms with Crippen molar-refractivity contribution in [3.63, 3.8) is 0 Å².